The number of hydrogen-bond donors (Lipinski definition) is 1. The topological polar surface area (TPSA) is 95.7 Å². The summed E-state index contributed by atoms with van der Waals surface area (Å²) in [5, 5.41) is 10.5. The Morgan fingerprint density at radius 3 is 2.64 bits per heavy atom. The number of rotatable bonds is 6. The lowest BCUT2D eigenvalue weighted by molar-refractivity contribution is 0.102. The van der Waals surface area contributed by atoms with Gasteiger partial charge in [-0.15, -0.1) is 5.10 Å². The Balaban J connectivity index is 1.39. The number of ether oxygens (including phenoxy) is 3. The van der Waals surface area contributed by atoms with Gasteiger partial charge in [0.25, 0.3) is 5.91 Å². The maximum absolute atomic E-state index is 12.3. The number of nitrogens with one attached hydrogen (secondary N) is 1. The molecular weight excluding hydrogens is 362 g/mol. The van der Waals surface area contributed by atoms with E-state index in [2.05, 4.69) is 15.5 Å². The summed E-state index contributed by atoms with van der Waals surface area (Å²) in [6.07, 6.45) is 0.419. The van der Waals surface area contributed by atoms with E-state index in [-0.39, 0.29) is 11.9 Å². The van der Waals surface area contributed by atoms with Crippen LogP contribution in [0.1, 0.15) is 28.7 Å². The number of aromatic nitrogens is 2. The highest BCUT2D eigenvalue weighted by molar-refractivity contribution is 6.03. The molecule has 0 bridgehead atoms. The quantitative estimate of drug-likeness (QED) is 0.701. The minimum absolute atomic E-state index is 0.0476. The lowest BCUT2D eigenvalue weighted by Gasteiger charge is -2.18. The highest BCUT2D eigenvalue weighted by atomic mass is 16.6. The SMILES string of the molecule is CCOc1ccc(C(=O)Nc2nnc(Cc3ccc4c(c3)OCCO4)o2)cc1. The van der Waals surface area contributed by atoms with Crippen LogP contribution in [-0.2, 0) is 6.42 Å². The largest absolute Gasteiger partial charge is 0.494 e. The summed E-state index contributed by atoms with van der Waals surface area (Å²) in [6, 6.07) is 12.5. The maximum Gasteiger partial charge on any atom is 0.322 e. The number of anilines is 1. The molecule has 1 N–H and O–H groups in total. The fourth-order valence-electron chi connectivity index (χ4n) is 2.79. The number of carbonyl (C=O) groups is 1. The predicted octanol–water partition coefficient (Wildman–Crippen LogP) is 3.08. The second-order valence-electron chi connectivity index (χ2n) is 6.07. The van der Waals surface area contributed by atoms with Gasteiger partial charge in [0.05, 0.1) is 13.0 Å². The first-order valence-corrected chi connectivity index (χ1v) is 8.96. The van der Waals surface area contributed by atoms with Crippen LogP contribution in [0.4, 0.5) is 6.01 Å². The van der Waals surface area contributed by atoms with E-state index in [0.717, 1.165) is 11.3 Å². The van der Waals surface area contributed by atoms with Gasteiger partial charge in [-0.2, -0.15) is 0 Å². The van der Waals surface area contributed by atoms with Gasteiger partial charge in [-0.25, -0.2) is 0 Å². The second-order valence-corrected chi connectivity index (χ2v) is 6.07. The van der Waals surface area contributed by atoms with Gasteiger partial charge in [-0.05, 0) is 48.9 Å². The molecule has 0 unspecified atom stereocenters. The molecule has 0 atom stereocenters. The van der Waals surface area contributed by atoms with E-state index in [1.807, 2.05) is 25.1 Å². The van der Waals surface area contributed by atoms with Crippen molar-refractivity contribution >= 4 is 11.9 Å². The van der Waals surface area contributed by atoms with Gasteiger partial charge >= 0.3 is 6.01 Å². The summed E-state index contributed by atoms with van der Waals surface area (Å²) in [5.74, 6) is 2.19. The van der Waals surface area contributed by atoms with Crippen molar-refractivity contribution in [1.29, 1.82) is 0 Å². The molecule has 1 aliphatic rings. The van der Waals surface area contributed by atoms with Gasteiger partial charge < -0.3 is 18.6 Å². The van der Waals surface area contributed by atoms with Crippen LogP contribution in [-0.4, -0.2) is 35.9 Å². The van der Waals surface area contributed by atoms with Gasteiger partial charge in [-0.3, -0.25) is 10.1 Å². The summed E-state index contributed by atoms with van der Waals surface area (Å²) >= 11 is 0. The highest BCUT2D eigenvalue weighted by Crippen LogP contribution is 2.31. The van der Waals surface area contributed by atoms with Crippen molar-refractivity contribution < 1.29 is 23.4 Å². The van der Waals surface area contributed by atoms with Gasteiger partial charge in [0.1, 0.15) is 19.0 Å². The van der Waals surface area contributed by atoms with Gasteiger partial charge in [-0.1, -0.05) is 11.2 Å². The summed E-state index contributed by atoms with van der Waals surface area (Å²) in [6.45, 7) is 3.55. The standard InChI is InChI=1S/C20H19N3O5/c1-2-25-15-6-4-14(5-7-15)19(24)21-20-23-22-18(28-20)12-13-3-8-16-17(11-13)27-10-9-26-16/h3-8,11H,2,9-10,12H2,1H3,(H,21,23,24). The summed E-state index contributed by atoms with van der Waals surface area (Å²) in [5.41, 5.74) is 1.41. The van der Waals surface area contributed by atoms with Crippen LogP contribution in [0.3, 0.4) is 0 Å². The zero-order valence-electron chi connectivity index (χ0n) is 15.3. The van der Waals surface area contributed by atoms with E-state index in [1.165, 1.54) is 0 Å². The summed E-state index contributed by atoms with van der Waals surface area (Å²) < 4.78 is 22.0. The summed E-state index contributed by atoms with van der Waals surface area (Å²) in [7, 11) is 0. The second kappa shape index (κ2) is 7.99. The molecule has 144 valence electrons. The van der Waals surface area contributed by atoms with Crippen LogP contribution in [0.5, 0.6) is 17.2 Å². The molecule has 28 heavy (non-hydrogen) atoms. The number of nitrogens with zero attached hydrogens (tertiary/aromatic N) is 2. The number of carbonyl (C=O) groups excluding carboxylic acids is 1. The molecule has 2 aromatic carbocycles. The van der Waals surface area contributed by atoms with Crippen molar-refractivity contribution in [2.75, 3.05) is 25.1 Å². The van der Waals surface area contributed by atoms with Gasteiger partial charge in [0.15, 0.2) is 11.5 Å². The van der Waals surface area contributed by atoms with Crippen LogP contribution in [0.15, 0.2) is 46.9 Å². The Morgan fingerprint density at radius 1 is 1.07 bits per heavy atom. The van der Waals surface area contributed by atoms with E-state index < -0.39 is 0 Å². The van der Waals surface area contributed by atoms with Gasteiger partial charge in [0.2, 0.25) is 5.89 Å². The molecule has 0 spiro atoms. The van der Waals surface area contributed by atoms with Crippen molar-refractivity contribution in [2.24, 2.45) is 0 Å². The molecule has 1 aliphatic heterocycles. The fraction of sp³-hybridized carbons (Fsp3) is 0.250. The highest BCUT2D eigenvalue weighted by Gasteiger charge is 2.15. The first-order valence-electron chi connectivity index (χ1n) is 8.96. The van der Waals surface area contributed by atoms with E-state index in [9.17, 15) is 4.79 Å². The molecular formula is C20H19N3O5. The molecule has 2 heterocycles. The molecule has 1 aromatic heterocycles. The van der Waals surface area contributed by atoms with Crippen LogP contribution in [0.2, 0.25) is 0 Å². The Hall–Kier alpha value is -3.55. The lowest BCUT2D eigenvalue weighted by Crippen LogP contribution is -2.15. The molecule has 8 nitrogen and oxygen atoms in total. The minimum atomic E-state index is -0.336. The zero-order chi connectivity index (χ0) is 19.3. The normalized spacial score (nSPS) is 12.5. The smallest absolute Gasteiger partial charge is 0.322 e. The third-order valence-corrected chi connectivity index (χ3v) is 4.08. The Bertz CT molecular complexity index is 968. The van der Waals surface area contributed by atoms with Crippen LogP contribution in [0.25, 0.3) is 0 Å². The predicted molar refractivity (Wildman–Crippen MR) is 100 cm³/mol. The lowest BCUT2D eigenvalue weighted by atomic mass is 10.1. The van der Waals surface area contributed by atoms with Crippen LogP contribution >= 0.6 is 0 Å². The number of fused-ring (bicyclic) bond motifs is 1. The zero-order valence-corrected chi connectivity index (χ0v) is 15.3. The molecule has 8 heteroatoms. The summed E-state index contributed by atoms with van der Waals surface area (Å²) in [4.78, 5) is 12.3. The monoisotopic (exact) mass is 381 g/mol. The Morgan fingerprint density at radius 2 is 1.86 bits per heavy atom. The Kier molecular flexibility index (Phi) is 5.09. The number of benzene rings is 2. The van der Waals surface area contributed by atoms with E-state index in [4.69, 9.17) is 18.6 Å². The average Bonchev–Trinajstić information content (AvgIpc) is 3.15. The molecule has 3 aromatic rings. The number of amides is 1. The first kappa shape index (κ1) is 17.8. The average molecular weight is 381 g/mol. The van der Waals surface area contributed by atoms with Crippen molar-refractivity contribution in [3.8, 4) is 17.2 Å². The molecule has 0 radical (unpaired) electrons. The molecule has 0 saturated carbocycles. The van der Waals surface area contributed by atoms with Crippen molar-refractivity contribution in [3.63, 3.8) is 0 Å². The van der Waals surface area contributed by atoms with E-state index >= 15 is 0 Å². The molecule has 0 aliphatic carbocycles. The molecule has 4 rings (SSSR count). The van der Waals surface area contributed by atoms with Crippen molar-refractivity contribution in [3.05, 3.63) is 59.5 Å². The molecule has 1 amide bonds. The maximum atomic E-state index is 12.3. The third-order valence-electron chi connectivity index (χ3n) is 4.08. The Labute approximate surface area is 161 Å². The van der Waals surface area contributed by atoms with Crippen LogP contribution in [0, 0.1) is 0 Å². The minimum Gasteiger partial charge on any atom is -0.494 e. The third kappa shape index (κ3) is 4.06. The molecule has 0 saturated heterocycles. The van der Waals surface area contributed by atoms with E-state index in [1.54, 1.807) is 24.3 Å². The van der Waals surface area contributed by atoms with Crippen molar-refractivity contribution in [2.45, 2.75) is 13.3 Å². The fourth-order valence-corrected chi connectivity index (χ4v) is 2.79. The van der Waals surface area contributed by atoms with E-state index in [0.29, 0.717) is 49.2 Å². The number of hydrogen-bond acceptors (Lipinski definition) is 7. The van der Waals surface area contributed by atoms with Crippen LogP contribution < -0.4 is 19.5 Å². The molecule has 0 fully saturated rings. The van der Waals surface area contributed by atoms with Crippen molar-refractivity contribution in [1.82, 2.24) is 10.2 Å². The first-order chi connectivity index (χ1) is 13.7. The van der Waals surface area contributed by atoms with Gasteiger partial charge in [0, 0.05) is 5.56 Å².